The van der Waals surface area contributed by atoms with E-state index in [4.69, 9.17) is 23.8 Å². The molecule has 0 radical (unpaired) electrons. The van der Waals surface area contributed by atoms with Crippen LogP contribution in [0.25, 0.3) is 6.08 Å². The van der Waals surface area contributed by atoms with Gasteiger partial charge in [-0.1, -0.05) is 18.2 Å². The van der Waals surface area contributed by atoms with Crippen LogP contribution in [0.3, 0.4) is 0 Å². The van der Waals surface area contributed by atoms with Gasteiger partial charge in [-0.05, 0) is 113 Å². The van der Waals surface area contributed by atoms with Crippen molar-refractivity contribution in [3.05, 3.63) is 35.6 Å². The molecule has 1 aromatic rings. The zero-order valence-electron chi connectivity index (χ0n) is 20.8. The second-order valence-electron chi connectivity index (χ2n) is 12.3. The average Bonchev–Trinajstić information content (AvgIpc) is 2.99. The number of rotatable bonds is 5. The summed E-state index contributed by atoms with van der Waals surface area (Å²) in [6.45, 7) is 10.8. The van der Waals surface area contributed by atoms with E-state index in [0.29, 0.717) is 18.3 Å². The molecule has 6 aliphatic rings. The highest BCUT2D eigenvalue weighted by atomic mass is 17.3. The van der Waals surface area contributed by atoms with E-state index in [1.165, 1.54) is 38.4 Å². The van der Waals surface area contributed by atoms with Gasteiger partial charge < -0.3 is 14.0 Å². The molecule has 6 fully saturated rings. The minimum atomic E-state index is -0.542. The zero-order valence-corrected chi connectivity index (χ0v) is 20.8. The highest BCUT2D eigenvalue weighted by Crippen LogP contribution is 2.69. The van der Waals surface area contributed by atoms with Crippen LogP contribution in [0.5, 0.6) is 0 Å². The highest BCUT2D eigenvalue weighted by molar-refractivity contribution is 6.63. The number of carbonyl (C=O) groups is 1. The fourth-order valence-electron chi connectivity index (χ4n) is 7.68. The van der Waals surface area contributed by atoms with Crippen molar-refractivity contribution in [3.63, 3.8) is 0 Å². The van der Waals surface area contributed by atoms with Gasteiger partial charge in [0.2, 0.25) is 0 Å². The number of ether oxygens (including phenoxy) is 1. The molecule has 0 N–H and O–H groups in total. The minimum Gasteiger partial charge on any atom is -0.437 e. The van der Waals surface area contributed by atoms with E-state index >= 15 is 0 Å². The first kappa shape index (κ1) is 22.8. The van der Waals surface area contributed by atoms with Gasteiger partial charge >= 0.3 is 7.12 Å². The van der Waals surface area contributed by atoms with E-state index in [1.54, 1.807) is 6.08 Å². The molecular weight excluding hydrogens is 431 g/mol. The maximum atomic E-state index is 10.7. The van der Waals surface area contributed by atoms with Crippen LogP contribution in [0.2, 0.25) is 0 Å². The summed E-state index contributed by atoms with van der Waals surface area (Å²) in [5, 5.41) is 0. The fourth-order valence-corrected chi connectivity index (χ4v) is 7.68. The van der Waals surface area contributed by atoms with Gasteiger partial charge in [0.05, 0.1) is 17.5 Å². The van der Waals surface area contributed by atoms with Gasteiger partial charge in [0.1, 0.15) is 5.60 Å². The Hall–Kier alpha value is -1.67. The van der Waals surface area contributed by atoms with Crippen molar-refractivity contribution in [2.45, 2.75) is 89.1 Å². The van der Waals surface area contributed by atoms with Crippen LogP contribution in [0.15, 0.2) is 24.5 Å². The lowest BCUT2D eigenvalue weighted by Gasteiger charge is -2.69. The summed E-state index contributed by atoms with van der Waals surface area (Å²) in [5.41, 5.74) is 1.17. The second kappa shape index (κ2) is 7.42. The Morgan fingerprint density at radius 2 is 1.53 bits per heavy atom. The first-order chi connectivity index (χ1) is 16.1. The molecule has 182 valence electrons. The molecule has 2 saturated heterocycles. The SMILES string of the molecule is CC1(C)OB(c2cc(C3(C)OOC34C3CC5CC(C3)CC4C5)ccc2/C=C/OC=O)OC1(C)C. The maximum Gasteiger partial charge on any atom is 0.495 e. The third kappa shape index (κ3) is 3.00. The van der Waals surface area contributed by atoms with E-state index in [9.17, 15) is 4.79 Å². The first-order valence-corrected chi connectivity index (χ1v) is 12.7. The van der Waals surface area contributed by atoms with Gasteiger partial charge in [-0.15, -0.1) is 0 Å². The molecule has 1 atom stereocenters. The Morgan fingerprint density at radius 3 is 2.06 bits per heavy atom. The van der Waals surface area contributed by atoms with Gasteiger partial charge in [-0.25, -0.2) is 9.78 Å². The largest absolute Gasteiger partial charge is 0.495 e. The Bertz CT molecular complexity index is 988. The minimum absolute atomic E-state index is 0.258. The lowest BCUT2D eigenvalue weighted by atomic mass is 9.45. The van der Waals surface area contributed by atoms with Crippen LogP contribution in [-0.4, -0.2) is 30.4 Å². The quantitative estimate of drug-likeness (QED) is 0.276. The third-order valence-electron chi connectivity index (χ3n) is 9.97. The molecule has 4 saturated carbocycles. The summed E-state index contributed by atoms with van der Waals surface area (Å²) in [5.74, 6) is 2.80. The Morgan fingerprint density at radius 1 is 0.912 bits per heavy atom. The first-order valence-electron chi connectivity index (χ1n) is 12.7. The van der Waals surface area contributed by atoms with E-state index in [2.05, 4.69) is 46.8 Å². The smallest absolute Gasteiger partial charge is 0.437 e. The van der Waals surface area contributed by atoms with Crippen LogP contribution in [0.1, 0.15) is 77.8 Å². The predicted molar refractivity (Wildman–Crippen MR) is 128 cm³/mol. The molecule has 6 nitrogen and oxygen atoms in total. The second-order valence-corrected chi connectivity index (χ2v) is 12.3. The standard InChI is InChI=1S/C27H35BO6/c1-24(2)25(3,4)32-28(31-24)23-15-20(7-6-19(23)8-9-30-16-29)26(5)27(34-33-26)21-11-17-10-18(13-21)14-22(27)12-17/h6-9,15-18,21-22H,10-14H2,1-5H3/b9-8+. The summed E-state index contributed by atoms with van der Waals surface area (Å²) in [4.78, 5) is 22.9. The van der Waals surface area contributed by atoms with E-state index < -0.39 is 23.9 Å². The third-order valence-corrected chi connectivity index (χ3v) is 9.97. The normalized spacial score (nSPS) is 41.3. The Kier molecular flexibility index (Phi) is 4.97. The molecular formula is C27H35BO6. The molecule has 1 spiro atoms. The molecule has 7 rings (SSSR count). The van der Waals surface area contributed by atoms with Gasteiger partial charge in [0, 0.05) is 0 Å². The highest BCUT2D eigenvalue weighted by Gasteiger charge is 2.73. The van der Waals surface area contributed by atoms with Crippen LogP contribution in [0, 0.1) is 23.7 Å². The van der Waals surface area contributed by atoms with Crippen LogP contribution < -0.4 is 5.46 Å². The molecule has 7 heteroatoms. The summed E-state index contributed by atoms with van der Waals surface area (Å²) in [6, 6.07) is 6.31. The van der Waals surface area contributed by atoms with Crippen molar-refractivity contribution >= 4 is 25.1 Å². The summed E-state index contributed by atoms with van der Waals surface area (Å²) in [7, 11) is -0.542. The lowest BCUT2D eigenvalue weighted by Crippen LogP contribution is -2.75. The van der Waals surface area contributed by atoms with Crippen molar-refractivity contribution < 1.29 is 28.6 Å². The van der Waals surface area contributed by atoms with Crippen molar-refractivity contribution in [1.29, 1.82) is 0 Å². The molecule has 4 aliphatic carbocycles. The topological polar surface area (TPSA) is 63.2 Å². The maximum absolute atomic E-state index is 10.7. The molecule has 2 heterocycles. The fraction of sp³-hybridized carbons (Fsp3) is 0.667. The molecule has 34 heavy (non-hydrogen) atoms. The van der Waals surface area contributed by atoms with Crippen molar-refractivity contribution in [2.75, 3.05) is 0 Å². The molecule has 0 aromatic heterocycles. The van der Waals surface area contributed by atoms with Crippen molar-refractivity contribution in [3.8, 4) is 0 Å². The lowest BCUT2D eigenvalue weighted by molar-refractivity contribution is -0.590. The van der Waals surface area contributed by atoms with E-state index in [-0.39, 0.29) is 5.60 Å². The average molecular weight is 466 g/mol. The number of hydrogen-bond donors (Lipinski definition) is 0. The van der Waals surface area contributed by atoms with Crippen LogP contribution in [0.4, 0.5) is 0 Å². The molecule has 1 aromatic carbocycles. The Balaban J connectivity index is 1.40. The Labute approximate surface area is 202 Å². The van der Waals surface area contributed by atoms with Gasteiger partial charge in [-0.2, -0.15) is 0 Å². The van der Waals surface area contributed by atoms with Crippen molar-refractivity contribution in [2.24, 2.45) is 23.7 Å². The van der Waals surface area contributed by atoms with Gasteiger partial charge in [0.25, 0.3) is 6.47 Å². The number of carbonyl (C=O) groups excluding carboxylic acids is 1. The molecule has 2 aliphatic heterocycles. The van der Waals surface area contributed by atoms with Crippen LogP contribution >= 0.6 is 0 Å². The van der Waals surface area contributed by atoms with Crippen molar-refractivity contribution in [1.82, 2.24) is 0 Å². The van der Waals surface area contributed by atoms with E-state index in [0.717, 1.165) is 28.4 Å². The monoisotopic (exact) mass is 466 g/mol. The number of hydrogen-bond acceptors (Lipinski definition) is 6. The van der Waals surface area contributed by atoms with Gasteiger partial charge in [0.15, 0.2) is 5.60 Å². The predicted octanol–water partition coefficient (Wildman–Crippen LogP) is 4.50. The molecule has 4 bridgehead atoms. The summed E-state index contributed by atoms with van der Waals surface area (Å²) < 4.78 is 17.7. The van der Waals surface area contributed by atoms with Crippen LogP contribution in [-0.2, 0) is 34.2 Å². The number of benzene rings is 1. The molecule has 1 unspecified atom stereocenters. The summed E-state index contributed by atoms with van der Waals surface area (Å²) >= 11 is 0. The van der Waals surface area contributed by atoms with Gasteiger partial charge in [-0.3, -0.25) is 4.79 Å². The van der Waals surface area contributed by atoms with E-state index in [1.807, 2.05) is 6.07 Å². The molecule has 0 amide bonds. The zero-order chi connectivity index (χ0) is 23.9. The summed E-state index contributed by atoms with van der Waals surface area (Å²) in [6.07, 6.45) is 9.56.